The number of rotatable bonds is 3. The van der Waals surface area contributed by atoms with Crippen LogP contribution in [0.4, 0.5) is 0 Å². The first-order valence-electron chi connectivity index (χ1n) is 9.27. The van der Waals surface area contributed by atoms with Crippen LogP contribution in [0.25, 0.3) is 0 Å². The summed E-state index contributed by atoms with van der Waals surface area (Å²) in [4.78, 5) is 29.3. The van der Waals surface area contributed by atoms with Crippen molar-refractivity contribution in [3.05, 3.63) is 17.0 Å². The maximum absolute atomic E-state index is 12.9. The largest absolute Gasteiger partial charge is 0.381 e. The molecule has 4 fully saturated rings. The molecule has 2 saturated heterocycles. The minimum absolute atomic E-state index is 0.00411. The maximum atomic E-state index is 12.9. The van der Waals surface area contributed by atoms with Gasteiger partial charge in [-0.1, -0.05) is 5.16 Å². The first kappa shape index (κ1) is 15.4. The first-order valence-corrected chi connectivity index (χ1v) is 9.27. The van der Waals surface area contributed by atoms with Gasteiger partial charge >= 0.3 is 0 Å². The highest BCUT2D eigenvalue weighted by molar-refractivity contribution is 5.96. The first-order chi connectivity index (χ1) is 12.1. The molecule has 1 aromatic rings. The summed E-state index contributed by atoms with van der Waals surface area (Å²) >= 11 is 0. The predicted molar refractivity (Wildman–Crippen MR) is 87.0 cm³/mol. The molecule has 134 valence electrons. The topological polar surface area (TPSA) is 75.9 Å². The van der Waals surface area contributed by atoms with E-state index < -0.39 is 0 Å². The van der Waals surface area contributed by atoms with E-state index in [1.54, 1.807) is 0 Å². The molecular formula is C18H23N3O4. The highest BCUT2D eigenvalue weighted by Crippen LogP contribution is 2.51. The molecule has 0 aromatic carbocycles. The second kappa shape index (κ2) is 5.56. The molecule has 0 spiro atoms. The zero-order valence-electron chi connectivity index (χ0n) is 14.4. The lowest BCUT2D eigenvalue weighted by Gasteiger charge is -2.35. The second-order valence-electron chi connectivity index (χ2n) is 7.79. The number of fused-ring (bicyclic) bond motifs is 1. The Morgan fingerprint density at radius 2 is 1.68 bits per heavy atom. The average molecular weight is 345 g/mol. The molecule has 3 atom stereocenters. The minimum atomic E-state index is 0.00411. The quantitative estimate of drug-likeness (QED) is 0.818. The van der Waals surface area contributed by atoms with Crippen molar-refractivity contribution in [2.75, 3.05) is 39.4 Å². The van der Waals surface area contributed by atoms with Gasteiger partial charge in [0.25, 0.3) is 5.91 Å². The summed E-state index contributed by atoms with van der Waals surface area (Å²) in [6, 6.07) is 0. The van der Waals surface area contributed by atoms with Gasteiger partial charge in [-0.05, 0) is 31.6 Å². The predicted octanol–water partition coefficient (Wildman–Crippen LogP) is 1.04. The Morgan fingerprint density at radius 1 is 1.04 bits per heavy atom. The molecule has 5 rings (SSSR count). The Bertz CT molecular complexity index is 708. The van der Waals surface area contributed by atoms with Crippen LogP contribution < -0.4 is 0 Å². The summed E-state index contributed by atoms with van der Waals surface area (Å²) in [5.74, 6) is 2.42. The van der Waals surface area contributed by atoms with Gasteiger partial charge in [-0.2, -0.15) is 0 Å². The number of ether oxygens (including phenoxy) is 1. The molecule has 1 unspecified atom stereocenters. The number of carbonyl (C=O) groups excluding carboxylic acids is 2. The Morgan fingerprint density at radius 3 is 2.32 bits per heavy atom. The maximum Gasteiger partial charge on any atom is 0.259 e. The Hall–Kier alpha value is -1.89. The van der Waals surface area contributed by atoms with Crippen LogP contribution in [0.1, 0.15) is 40.6 Å². The Balaban J connectivity index is 1.22. The third kappa shape index (κ3) is 2.47. The molecule has 2 saturated carbocycles. The zero-order chi connectivity index (χ0) is 17.1. The molecule has 2 amide bonds. The normalized spacial score (nSPS) is 31.2. The van der Waals surface area contributed by atoms with E-state index in [0.29, 0.717) is 55.2 Å². The van der Waals surface area contributed by atoms with E-state index in [1.807, 2.05) is 16.7 Å². The van der Waals surface area contributed by atoms with E-state index >= 15 is 0 Å². The monoisotopic (exact) mass is 345 g/mol. The lowest BCUT2D eigenvalue weighted by molar-refractivity contribution is -0.135. The van der Waals surface area contributed by atoms with Crippen LogP contribution in [0.2, 0.25) is 0 Å². The summed E-state index contributed by atoms with van der Waals surface area (Å²) in [6.45, 7) is 5.69. The van der Waals surface area contributed by atoms with Crippen LogP contribution in [0.3, 0.4) is 0 Å². The highest BCUT2D eigenvalue weighted by Gasteiger charge is 2.59. The van der Waals surface area contributed by atoms with Crippen molar-refractivity contribution in [3.8, 4) is 0 Å². The molecule has 0 N–H and O–H groups in total. The summed E-state index contributed by atoms with van der Waals surface area (Å²) < 4.78 is 10.8. The number of amides is 2. The number of aromatic nitrogens is 1. The van der Waals surface area contributed by atoms with Crippen molar-refractivity contribution in [1.29, 1.82) is 0 Å². The lowest BCUT2D eigenvalue weighted by atomic mass is 10.1. The van der Waals surface area contributed by atoms with Gasteiger partial charge in [-0.15, -0.1) is 0 Å². The van der Waals surface area contributed by atoms with Crippen LogP contribution in [0, 0.1) is 24.7 Å². The molecule has 4 aliphatic rings. The molecule has 2 aliphatic heterocycles. The molecule has 0 radical (unpaired) electrons. The van der Waals surface area contributed by atoms with Crippen molar-refractivity contribution < 1.29 is 18.8 Å². The van der Waals surface area contributed by atoms with Gasteiger partial charge in [-0.25, -0.2) is 0 Å². The fourth-order valence-corrected chi connectivity index (χ4v) is 4.38. The van der Waals surface area contributed by atoms with Gasteiger partial charge in [0.1, 0.15) is 5.56 Å². The van der Waals surface area contributed by atoms with Crippen molar-refractivity contribution in [2.45, 2.75) is 25.7 Å². The van der Waals surface area contributed by atoms with E-state index in [1.165, 1.54) is 0 Å². The highest BCUT2D eigenvalue weighted by atomic mass is 16.5. The molecule has 25 heavy (non-hydrogen) atoms. The van der Waals surface area contributed by atoms with Gasteiger partial charge in [0.15, 0.2) is 5.76 Å². The zero-order valence-corrected chi connectivity index (χ0v) is 14.4. The van der Waals surface area contributed by atoms with Crippen LogP contribution in [0.5, 0.6) is 0 Å². The van der Waals surface area contributed by atoms with E-state index in [4.69, 9.17) is 9.26 Å². The summed E-state index contributed by atoms with van der Waals surface area (Å²) in [5, 5.41) is 4.00. The molecule has 7 heteroatoms. The van der Waals surface area contributed by atoms with Crippen molar-refractivity contribution in [2.24, 2.45) is 17.8 Å². The molecule has 3 heterocycles. The molecule has 0 bridgehead atoms. The third-order valence-electron chi connectivity index (χ3n) is 6.17. The fraction of sp³-hybridized carbons (Fsp3) is 0.722. The number of nitrogens with zero attached hydrogens (tertiary/aromatic N) is 3. The standard InChI is InChI=1S/C18H23N3O4/c1-10-14(16(25-19-10)11-2-3-11)17(22)20-4-6-21(7-5-20)18(23)15-12-8-24-9-13(12)15/h11-13,15H,2-9H2,1H3/t12-,13+,15?. The summed E-state index contributed by atoms with van der Waals surface area (Å²) in [6.07, 6.45) is 2.15. The number of hydrogen-bond donors (Lipinski definition) is 0. The molecular weight excluding hydrogens is 322 g/mol. The van der Waals surface area contributed by atoms with Crippen molar-refractivity contribution in [3.63, 3.8) is 0 Å². The van der Waals surface area contributed by atoms with E-state index in [9.17, 15) is 9.59 Å². The SMILES string of the molecule is Cc1noc(C2CC2)c1C(=O)N1CCN(C(=O)C2[C@H]3COC[C@@H]23)CC1. The Labute approximate surface area is 146 Å². The minimum Gasteiger partial charge on any atom is -0.381 e. The Kier molecular flexibility index (Phi) is 3.42. The number of piperazine rings is 1. The van der Waals surface area contributed by atoms with Crippen molar-refractivity contribution >= 4 is 11.8 Å². The van der Waals surface area contributed by atoms with Crippen LogP contribution in [0.15, 0.2) is 4.52 Å². The van der Waals surface area contributed by atoms with E-state index in [2.05, 4.69) is 5.16 Å². The second-order valence-corrected chi connectivity index (χ2v) is 7.79. The van der Waals surface area contributed by atoms with E-state index in [-0.39, 0.29) is 17.7 Å². The van der Waals surface area contributed by atoms with Crippen LogP contribution in [-0.2, 0) is 9.53 Å². The smallest absolute Gasteiger partial charge is 0.259 e. The lowest BCUT2D eigenvalue weighted by Crippen LogP contribution is -2.51. The van der Waals surface area contributed by atoms with Gasteiger partial charge in [-0.3, -0.25) is 9.59 Å². The van der Waals surface area contributed by atoms with Crippen molar-refractivity contribution in [1.82, 2.24) is 15.0 Å². The number of hydrogen-bond acceptors (Lipinski definition) is 5. The number of carbonyl (C=O) groups is 2. The molecule has 7 nitrogen and oxygen atoms in total. The average Bonchev–Trinajstić information content (AvgIpc) is 3.51. The summed E-state index contributed by atoms with van der Waals surface area (Å²) in [7, 11) is 0. The van der Waals surface area contributed by atoms with Gasteiger partial charge in [0, 0.05) is 38.0 Å². The van der Waals surface area contributed by atoms with Gasteiger partial charge in [0.05, 0.1) is 18.9 Å². The third-order valence-corrected chi connectivity index (χ3v) is 6.17. The van der Waals surface area contributed by atoms with Gasteiger partial charge < -0.3 is 19.1 Å². The fourth-order valence-electron chi connectivity index (χ4n) is 4.38. The molecule has 1 aromatic heterocycles. The summed E-state index contributed by atoms with van der Waals surface area (Å²) in [5.41, 5.74) is 1.33. The number of aryl methyl sites for hydroxylation is 1. The van der Waals surface area contributed by atoms with Crippen LogP contribution in [-0.4, -0.2) is 66.2 Å². The van der Waals surface area contributed by atoms with E-state index in [0.717, 1.165) is 31.8 Å². The molecule has 2 aliphatic carbocycles. The van der Waals surface area contributed by atoms with Crippen LogP contribution >= 0.6 is 0 Å². The van der Waals surface area contributed by atoms with Gasteiger partial charge in [0.2, 0.25) is 5.91 Å².